The Morgan fingerprint density at radius 3 is 2.70 bits per heavy atom. The lowest BCUT2D eigenvalue weighted by molar-refractivity contribution is -0.152. The van der Waals surface area contributed by atoms with Crippen molar-refractivity contribution in [1.29, 1.82) is 0 Å². The van der Waals surface area contributed by atoms with Crippen molar-refractivity contribution in [2.24, 2.45) is 5.92 Å². The molecule has 1 N–H and O–H groups in total. The number of hydrogen-bond donors (Lipinski definition) is 1. The summed E-state index contributed by atoms with van der Waals surface area (Å²) in [7, 11) is 0. The molecule has 1 fully saturated rings. The lowest BCUT2D eigenvalue weighted by Gasteiger charge is -2.36. The van der Waals surface area contributed by atoms with Crippen molar-refractivity contribution < 1.29 is 19.2 Å². The van der Waals surface area contributed by atoms with Gasteiger partial charge in [0, 0.05) is 12.1 Å². The lowest BCUT2D eigenvalue weighted by atomic mass is 9.92. The van der Waals surface area contributed by atoms with Crippen LogP contribution in [0.4, 0.5) is 0 Å². The Hall–Kier alpha value is -1.85. The van der Waals surface area contributed by atoms with E-state index in [2.05, 4.69) is 5.16 Å². The highest BCUT2D eigenvalue weighted by molar-refractivity contribution is 5.85. The second-order valence-electron chi connectivity index (χ2n) is 5.55. The zero-order valence-corrected chi connectivity index (χ0v) is 12.0. The molecule has 2 heterocycles. The van der Waals surface area contributed by atoms with Crippen LogP contribution in [-0.2, 0) is 16.0 Å². The fraction of sp³-hybridized carbons (Fsp3) is 0.643. The molecule has 2 atom stereocenters. The molecule has 1 aliphatic rings. The number of nitrogens with zero attached hydrogens (tertiary/aromatic N) is 2. The molecule has 1 aromatic rings. The first-order chi connectivity index (χ1) is 9.40. The van der Waals surface area contributed by atoms with Gasteiger partial charge in [-0.2, -0.15) is 0 Å². The topological polar surface area (TPSA) is 83.6 Å². The molecule has 0 radical (unpaired) electrons. The van der Waals surface area contributed by atoms with E-state index in [9.17, 15) is 14.7 Å². The maximum Gasteiger partial charge on any atom is 0.326 e. The highest BCUT2D eigenvalue weighted by Gasteiger charge is 2.35. The van der Waals surface area contributed by atoms with Crippen LogP contribution in [0.2, 0.25) is 0 Å². The van der Waals surface area contributed by atoms with Crippen molar-refractivity contribution in [3.8, 4) is 0 Å². The Labute approximate surface area is 117 Å². The molecule has 0 aromatic carbocycles. The number of carbonyl (C=O) groups is 2. The van der Waals surface area contributed by atoms with Gasteiger partial charge in [0.05, 0.1) is 12.1 Å². The van der Waals surface area contributed by atoms with E-state index in [0.29, 0.717) is 30.3 Å². The summed E-state index contributed by atoms with van der Waals surface area (Å²) in [6.45, 7) is 6.06. The number of carbonyl (C=O) groups excluding carboxylic acids is 1. The first kappa shape index (κ1) is 14.6. The average Bonchev–Trinajstić information content (AvgIpc) is 2.70. The van der Waals surface area contributed by atoms with Crippen molar-refractivity contribution >= 4 is 11.9 Å². The van der Waals surface area contributed by atoms with E-state index in [1.165, 1.54) is 4.90 Å². The maximum absolute atomic E-state index is 12.4. The third-order valence-corrected chi connectivity index (χ3v) is 3.98. The van der Waals surface area contributed by atoms with E-state index in [4.69, 9.17) is 4.52 Å². The largest absolute Gasteiger partial charge is 0.480 e. The Bertz CT molecular complexity index is 504. The van der Waals surface area contributed by atoms with Crippen LogP contribution in [0.5, 0.6) is 0 Å². The van der Waals surface area contributed by atoms with Gasteiger partial charge in [-0.1, -0.05) is 12.1 Å². The number of carboxylic acid groups (broad SMARTS) is 1. The van der Waals surface area contributed by atoms with Crippen molar-refractivity contribution in [1.82, 2.24) is 10.1 Å². The van der Waals surface area contributed by atoms with Gasteiger partial charge in [0.1, 0.15) is 11.8 Å². The van der Waals surface area contributed by atoms with E-state index >= 15 is 0 Å². The van der Waals surface area contributed by atoms with Crippen molar-refractivity contribution in [2.45, 2.75) is 46.1 Å². The summed E-state index contributed by atoms with van der Waals surface area (Å²) in [5.74, 6) is -0.144. The number of carboxylic acids is 1. The van der Waals surface area contributed by atoms with Gasteiger partial charge in [-0.3, -0.25) is 4.79 Å². The molecule has 1 amide bonds. The van der Waals surface area contributed by atoms with Crippen LogP contribution in [0.25, 0.3) is 0 Å². The second-order valence-corrected chi connectivity index (χ2v) is 5.55. The highest BCUT2D eigenvalue weighted by atomic mass is 16.5. The summed E-state index contributed by atoms with van der Waals surface area (Å²) in [4.78, 5) is 25.2. The first-order valence-corrected chi connectivity index (χ1v) is 6.84. The third kappa shape index (κ3) is 2.84. The zero-order chi connectivity index (χ0) is 14.9. The first-order valence-electron chi connectivity index (χ1n) is 6.84. The van der Waals surface area contributed by atoms with Crippen LogP contribution in [0, 0.1) is 19.8 Å². The molecule has 0 spiro atoms. The van der Waals surface area contributed by atoms with Crippen LogP contribution in [0.1, 0.15) is 36.8 Å². The molecule has 2 unspecified atom stereocenters. The van der Waals surface area contributed by atoms with Gasteiger partial charge in [0.2, 0.25) is 5.91 Å². The van der Waals surface area contributed by atoms with Crippen LogP contribution in [0.15, 0.2) is 4.52 Å². The molecule has 1 aliphatic heterocycles. The number of aromatic nitrogens is 1. The number of aryl methyl sites for hydroxylation is 2. The van der Waals surface area contributed by atoms with Gasteiger partial charge < -0.3 is 14.5 Å². The lowest BCUT2D eigenvalue weighted by Crippen LogP contribution is -2.50. The fourth-order valence-corrected chi connectivity index (χ4v) is 2.68. The molecular weight excluding hydrogens is 260 g/mol. The summed E-state index contributed by atoms with van der Waals surface area (Å²) in [5.41, 5.74) is 1.45. The van der Waals surface area contributed by atoms with Crippen molar-refractivity contribution in [3.05, 3.63) is 17.0 Å². The molecule has 2 rings (SSSR count). The summed E-state index contributed by atoms with van der Waals surface area (Å²) in [6, 6.07) is -0.716. The second kappa shape index (κ2) is 5.64. The third-order valence-electron chi connectivity index (χ3n) is 3.98. The number of aliphatic carboxylic acids is 1. The molecule has 110 valence electrons. The van der Waals surface area contributed by atoms with Gasteiger partial charge in [0.15, 0.2) is 0 Å². The molecule has 20 heavy (non-hydrogen) atoms. The monoisotopic (exact) mass is 280 g/mol. The Morgan fingerprint density at radius 2 is 2.15 bits per heavy atom. The van der Waals surface area contributed by atoms with Crippen molar-refractivity contribution in [3.63, 3.8) is 0 Å². The van der Waals surface area contributed by atoms with Gasteiger partial charge in [-0.25, -0.2) is 4.79 Å². The Morgan fingerprint density at radius 1 is 1.45 bits per heavy atom. The Balaban J connectivity index is 2.13. The van der Waals surface area contributed by atoms with Crippen LogP contribution in [-0.4, -0.2) is 39.6 Å². The number of likely N-dealkylation sites (tertiary alicyclic amines) is 1. The molecule has 0 saturated carbocycles. The smallest absolute Gasteiger partial charge is 0.326 e. The zero-order valence-electron chi connectivity index (χ0n) is 12.0. The van der Waals surface area contributed by atoms with Gasteiger partial charge in [-0.15, -0.1) is 0 Å². The predicted molar refractivity (Wildman–Crippen MR) is 71.2 cm³/mol. The number of rotatable bonds is 3. The van der Waals surface area contributed by atoms with Gasteiger partial charge in [0.25, 0.3) is 0 Å². The molecule has 0 aliphatic carbocycles. The number of piperidine rings is 1. The highest BCUT2D eigenvalue weighted by Crippen LogP contribution is 2.24. The van der Waals surface area contributed by atoms with E-state index in [1.54, 1.807) is 13.8 Å². The normalized spacial score (nSPS) is 22.9. The van der Waals surface area contributed by atoms with Crippen LogP contribution < -0.4 is 0 Å². The van der Waals surface area contributed by atoms with Crippen LogP contribution >= 0.6 is 0 Å². The molecule has 6 nitrogen and oxygen atoms in total. The van der Waals surface area contributed by atoms with E-state index < -0.39 is 12.0 Å². The van der Waals surface area contributed by atoms with E-state index in [0.717, 1.165) is 12.0 Å². The van der Waals surface area contributed by atoms with E-state index in [1.807, 2.05) is 6.92 Å². The summed E-state index contributed by atoms with van der Waals surface area (Å²) in [5, 5.41) is 13.1. The minimum absolute atomic E-state index is 0.152. The molecule has 0 bridgehead atoms. The minimum atomic E-state index is -0.927. The Kier molecular flexibility index (Phi) is 4.11. The molecule has 1 aromatic heterocycles. The van der Waals surface area contributed by atoms with Crippen LogP contribution in [0.3, 0.4) is 0 Å². The predicted octanol–water partition coefficient (Wildman–Crippen LogP) is 1.55. The summed E-state index contributed by atoms with van der Waals surface area (Å²) in [6.07, 6.45) is 1.51. The van der Waals surface area contributed by atoms with Crippen molar-refractivity contribution in [2.75, 3.05) is 6.54 Å². The SMILES string of the molecule is Cc1noc(C)c1CC(=O)N1CCC(C)CC1C(=O)O. The van der Waals surface area contributed by atoms with E-state index in [-0.39, 0.29) is 12.3 Å². The molecule has 1 saturated heterocycles. The average molecular weight is 280 g/mol. The van der Waals surface area contributed by atoms with Gasteiger partial charge >= 0.3 is 5.97 Å². The summed E-state index contributed by atoms with van der Waals surface area (Å²) >= 11 is 0. The fourth-order valence-electron chi connectivity index (χ4n) is 2.68. The summed E-state index contributed by atoms with van der Waals surface area (Å²) < 4.78 is 5.04. The maximum atomic E-state index is 12.4. The standard InChI is InChI=1S/C14H20N2O4/c1-8-4-5-16(12(6-8)14(18)19)13(17)7-11-9(2)15-20-10(11)3/h8,12H,4-7H2,1-3H3,(H,18,19). The number of amides is 1. The molecule has 6 heteroatoms. The number of hydrogen-bond acceptors (Lipinski definition) is 4. The van der Waals surface area contributed by atoms with Gasteiger partial charge in [-0.05, 0) is 32.6 Å². The minimum Gasteiger partial charge on any atom is -0.480 e. The molecular formula is C14H20N2O4. The quantitative estimate of drug-likeness (QED) is 0.908.